The smallest absolute Gasteiger partial charge is 0.331 e. The van der Waals surface area contributed by atoms with Gasteiger partial charge in [-0.2, -0.15) is 0 Å². The molecule has 4 heterocycles. The number of hydrogen-bond donors (Lipinski definition) is 3. The number of hydrogen-bond acceptors (Lipinski definition) is 17. The van der Waals surface area contributed by atoms with Crippen LogP contribution in [-0.4, -0.2) is 137 Å². The highest BCUT2D eigenvalue weighted by Crippen LogP contribution is 2.70. The second kappa shape index (κ2) is 18.4. The minimum absolute atomic E-state index is 0.00125. The molecule has 0 aromatic carbocycles. The van der Waals surface area contributed by atoms with E-state index in [0.717, 1.165) is 50.5 Å². The molecule has 17 nitrogen and oxygen atoms in total. The maximum Gasteiger partial charge on any atom is 0.331 e. The number of ether oxygens (including phenoxy) is 10. The molecule has 3 saturated heterocycles. The van der Waals surface area contributed by atoms with E-state index in [1.165, 1.54) is 26.8 Å². The van der Waals surface area contributed by atoms with Gasteiger partial charge in [0.15, 0.2) is 25.0 Å². The Morgan fingerprint density at radius 3 is 1.97 bits per heavy atom. The number of fused-ring (bicyclic) bond motifs is 5. The number of cyclic esters (lactones) is 1. The Kier molecular flexibility index (Phi) is 13.7. The van der Waals surface area contributed by atoms with Gasteiger partial charge in [0, 0.05) is 63.9 Å². The molecule has 0 radical (unpaired) electrons. The lowest BCUT2D eigenvalue weighted by Crippen LogP contribution is -2.62. The number of esters is 4. The van der Waals surface area contributed by atoms with Crippen molar-refractivity contribution < 1.29 is 81.9 Å². The standard InChI is InChI=1S/C47H70O17/c1-22-42(53)33(51)17-38(56-22)63-35-19-39(57-24(3)44(35)64-40-18-34(59-25(4)48)43(23(2)58-40)61-27(6)50)62-30-11-13-45(7)29(16-30)9-10-32-31(45)12-14-46(8)41(28-15-37(52)55-21-28)36(60-26(5)49)20-47(32,46)54/h15,22-24,29-36,38-44,51,53-54H,9-14,16-21H2,1-8H3/t22-,23-,24-,29-,30+,31+,32-,33+,34+,35+,36+,38-,39-,40-,41+,42-,43-,44-,45+,46-,47?/m1/s1. The minimum Gasteiger partial charge on any atom is -0.462 e. The van der Waals surface area contributed by atoms with Crippen molar-refractivity contribution in [2.75, 3.05) is 6.61 Å². The van der Waals surface area contributed by atoms with Crippen molar-refractivity contribution in [2.24, 2.45) is 34.5 Å². The number of carbonyl (C=O) groups excluding carboxylic acids is 4. The summed E-state index contributed by atoms with van der Waals surface area (Å²) in [5.74, 6) is -1.58. The van der Waals surface area contributed by atoms with Crippen molar-refractivity contribution >= 4 is 23.9 Å². The first-order chi connectivity index (χ1) is 30.2. The van der Waals surface area contributed by atoms with Gasteiger partial charge in [-0.15, -0.1) is 0 Å². The Bertz CT molecular complexity index is 1780. The summed E-state index contributed by atoms with van der Waals surface area (Å²) in [6, 6.07) is 0. The molecule has 4 aliphatic heterocycles. The Morgan fingerprint density at radius 1 is 0.688 bits per heavy atom. The molecule has 0 spiro atoms. The van der Waals surface area contributed by atoms with Crippen LogP contribution in [0.2, 0.25) is 0 Å². The van der Waals surface area contributed by atoms with Crippen molar-refractivity contribution in [3.8, 4) is 0 Å². The monoisotopic (exact) mass is 906 g/mol. The van der Waals surface area contributed by atoms with E-state index < -0.39 is 115 Å². The van der Waals surface area contributed by atoms with Crippen molar-refractivity contribution in [1.82, 2.24) is 0 Å². The van der Waals surface area contributed by atoms with E-state index in [0.29, 0.717) is 12.3 Å². The van der Waals surface area contributed by atoms with Crippen LogP contribution < -0.4 is 0 Å². The fraction of sp³-hybridized carbons (Fsp3) is 0.872. The number of carbonyl (C=O) groups is 4. The largest absolute Gasteiger partial charge is 0.462 e. The Morgan fingerprint density at radius 2 is 1.31 bits per heavy atom. The number of aliphatic hydroxyl groups is 3. The molecule has 8 aliphatic rings. The number of rotatable bonds is 10. The highest BCUT2D eigenvalue weighted by molar-refractivity contribution is 5.85. The summed E-state index contributed by atoms with van der Waals surface area (Å²) in [6.45, 7) is 13.9. The van der Waals surface area contributed by atoms with Crippen LogP contribution in [0, 0.1) is 34.5 Å². The summed E-state index contributed by atoms with van der Waals surface area (Å²) in [6.07, 6.45) is -1.97. The highest BCUT2D eigenvalue weighted by atomic mass is 16.8. The number of aliphatic hydroxyl groups excluding tert-OH is 2. The summed E-state index contributed by atoms with van der Waals surface area (Å²) in [5.41, 5.74) is -0.939. The van der Waals surface area contributed by atoms with Gasteiger partial charge >= 0.3 is 23.9 Å². The first kappa shape index (κ1) is 47.7. The van der Waals surface area contributed by atoms with Crippen LogP contribution in [0.4, 0.5) is 0 Å². The first-order valence-electron chi connectivity index (χ1n) is 23.6. The van der Waals surface area contributed by atoms with Crippen LogP contribution in [0.15, 0.2) is 11.6 Å². The first-order valence-corrected chi connectivity index (χ1v) is 23.6. The third kappa shape index (κ3) is 9.03. The van der Waals surface area contributed by atoms with E-state index in [2.05, 4.69) is 13.8 Å². The molecular formula is C47H70O17. The maximum absolute atomic E-state index is 13.0. The second-order valence-electron chi connectivity index (χ2n) is 20.6. The predicted octanol–water partition coefficient (Wildman–Crippen LogP) is 3.93. The van der Waals surface area contributed by atoms with Crippen molar-refractivity contribution in [3.63, 3.8) is 0 Å². The molecule has 1 unspecified atom stereocenters. The average molecular weight is 907 g/mol. The van der Waals surface area contributed by atoms with Gasteiger partial charge in [-0.25, -0.2) is 4.79 Å². The molecule has 0 aromatic heterocycles. The zero-order chi connectivity index (χ0) is 46.0. The van der Waals surface area contributed by atoms with Crippen LogP contribution in [0.5, 0.6) is 0 Å². The van der Waals surface area contributed by atoms with Crippen molar-refractivity contribution in [2.45, 2.75) is 218 Å². The molecule has 8 rings (SSSR count). The average Bonchev–Trinajstić information content (AvgIpc) is 3.72. The molecule has 0 bridgehead atoms. The van der Waals surface area contributed by atoms with Crippen molar-refractivity contribution in [3.05, 3.63) is 11.6 Å². The van der Waals surface area contributed by atoms with Gasteiger partial charge in [0.1, 0.15) is 31.0 Å². The van der Waals surface area contributed by atoms with Gasteiger partial charge in [-0.3, -0.25) is 14.4 Å². The lowest BCUT2D eigenvalue weighted by atomic mass is 9.43. The van der Waals surface area contributed by atoms with Gasteiger partial charge in [-0.1, -0.05) is 13.8 Å². The van der Waals surface area contributed by atoms with Crippen molar-refractivity contribution in [1.29, 1.82) is 0 Å². The molecule has 3 N–H and O–H groups in total. The van der Waals surface area contributed by atoms with E-state index in [-0.39, 0.29) is 55.1 Å². The predicted molar refractivity (Wildman–Crippen MR) is 221 cm³/mol. The van der Waals surface area contributed by atoms with Gasteiger partial charge < -0.3 is 62.7 Å². The van der Waals surface area contributed by atoms with Crippen LogP contribution in [0.3, 0.4) is 0 Å². The third-order valence-corrected chi connectivity index (χ3v) is 16.7. The lowest BCUT2D eigenvalue weighted by Gasteiger charge is -2.63. The van der Waals surface area contributed by atoms with E-state index in [1.54, 1.807) is 13.8 Å². The molecular weight excluding hydrogens is 836 g/mol. The normalized spacial score (nSPS) is 49.0. The van der Waals surface area contributed by atoms with Gasteiger partial charge in [0.25, 0.3) is 0 Å². The molecule has 4 aliphatic carbocycles. The minimum atomic E-state index is -1.09. The summed E-state index contributed by atoms with van der Waals surface area (Å²) in [5, 5.41) is 34.0. The summed E-state index contributed by atoms with van der Waals surface area (Å²) in [4.78, 5) is 48.6. The summed E-state index contributed by atoms with van der Waals surface area (Å²) < 4.78 is 61.1. The third-order valence-electron chi connectivity index (χ3n) is 16.7. The molecule has 360 valence electrons. The SMILES string of the molecule is CC(=O)O[C@H]1[C@@H](OC(C)=O)C[C@@H](O[C@H]2[C@@H](O[C@@H]3C[C@H](O)[C@H](O)[C@@H](C)O3)C[C@@H](O[C@H]3CC[C@@]4(C)[C@H](CC[C@@H]5[C@@H]4CC[C@]4(C)[C@@H](C6=CC(=O)OC6)[C@@H](OC(C)=O)CC54O)C3)O[C@@H]2C)O[C@@H]1C. The molecule has 64 heavy (non-hydrogen) atoms. The van der Waals surface area contributed by atoms with Crippen LogP contribution in [0.1, 0.15) is 126 Å². The van der Waals surface area contributed by atoms with E-state index >= 15 is 0 Å². The topological polar surface area (TPSA) is 221 Å². The van der Waals surface area contributed by atoms with E-state index in [4.69, 9.17) is 47.4 Å². The Balaban J connectivity index is 0.952. The van der Waals surface area contributed by atoms with Gasteiger partial charge in [0.2, 0.25) is 0 Å². The van der Waals surface area contributed by atoms with Crippen LogP contribution >= 0.6 is 0 Å². The zero-order valence-electron chi connectivity index (χ0n) is 38.5. The molecule has 17 heteroatoms. The summed E-state index contributed by atoms with van der Waals surface area (Å²) >= 11 is 0. The lowest BCUT2D eigenvalue weighted by molar-refractivity contribution is -0.344. The molecule has 4 saturated carbocycles. The van der Waals surface area contributed by atoms with E-state index in [1.807, 2.05) is 6.92 Å². The Hall–Kier alpha value is -2.74. The molecule has 7 fully saturated rings. The van der Waals surface area contributed by atoms with Gasteiger partial charge in [-0.05, 0) is 94.5 Å². The van der Waals surface area contributed by atoms with Crippen LogP contribution in [-0.2, 0) is 66.5 Å². The quantitative estimate of drug-likeness (QED) is 0.161. The molecule has 0 aromatic rings. The summed E-state index contributed by atoms with van der Waals surface area (Å²) in [7, 11) is 0. The highest BCUT2D eigenvalue weighted by Gasteiger charge is 2.71. The molecule has 0 amide bonds. The fourth-order valence-corrected chi connectivity index (χ4v) is 13.8. The second-order valence-corrected chi connectivity index (χ2v) is 20.6. The van der Waals surface area contributed by atoms with E-state index in [9.17, 15) is 34.5 Å². The van der Waals surface area contributed by atoms with Gasteiger partial charge in [0.05, 0.1) is 42.2 Å². The maximum atomic E-state index is 13.0. The Labute approximate surface area is 375 Å². The fourth-order valence-electron chi connectivity index (χ4n) is 13.8. The molecule has 21 atom stereocenters. The van der Waals surface area contributed by atoms with Crippen LogP contribution in [0.25, 0.3) is 0 Å². The zero-order valence-corrected chi connectivity index (χ0v) is 38.5.